The van der Waals surface area contributed by atoms with Crippen LogP contribution in [0.5, 0.6) is 5.75 Å². The molecule has 0 saturated heterocycles. The molecule has 0 radical (unpaired) electrons. The summed E-state index contributed by atoms with van der Waals surface area (Å²) in [4.78, 5) is 11.7. The van der Waals surface area contributed by atoms with Crippen molar-refractivity contribution in [3.63, 3.8) is 0 Å². The van der Waals surface area contributed by atoms with Gasteiger partial charge in [-0.25, -0.2) is 0 Å². The number of nitrogens with zero attached hydrogens (tertiary/aromatic N) is 1. The molecular weight excluding hydrogens is 288 g/mol. The Morgan fingerprint density at radius 1 is 1.33 bits per heavy atom. The van der Waals surface area contributed by atoms with Gasteiger partial charge in [0.25, 0.3) is 5.69 Å². The number of methoxy groups -OCH3 is 1. The van der Waals surface area contributed by atoms with Gasteiger partial charge in [-0.3, -0.25) is 10.1 Å². The van der Waals surface area contributed by atoms with Gasteiger partial charge >= 0.3 is 0 Å². The number of ether oxygens (including phenoxy) is 1. The van der Waals surface area contributed by atoms with Crippen molar-refractivity contribution in [2.45, 2.75) is 19.9 Å². The van der Waals surface area contributed by atoms with Crippen molar-refractivity contribution in [3.8, 4) is 5.75 Å². The first-order chi connectivity index (χ1) is 10.0. The number of nitro groups is 1. The topological polar surface area (TPSA) is 64.4 Å². The molecule has 0 aliphatic heterocycles. The summed E-state index contributed by atoms with van der Waals surface area (Å²) < 4.78 is 5.30. The molecule has 1 N–H and O–H groups in total. The van der Waals surface area contributed by atoms with E-state index in [-0.39, 0.29) is 11.7 Å². The molecule has 2 aromatic rings. The first-order valence-corrected chi connectivity index (χ1v) is 7.53. The molecule has 1 heterocycles. The first-order valence-electron chi connectivity index (χ1n) is 6.65. The van der Waals surface area contributed by atoms with Crippen LogP contribution in [0.3, 0.4) is 0 Å². The molecule has 0 aliphatic rings. The Balaban J connectivity index is 2.35. The number of rotatable bonds is 6. The van der Waals surface area contributed by atoms with Crippen LogP contribution in [0.2, 0.25) is 0 Å². The van der Waals surface area contributed by atoms with E-state index in [2.05, 4.69) is 25.2 Å². The molecule has 1 atom stereocenters. The van der Waals surface area contributed by atoms with Crippen molar-refractivity contribution < 1.29 is 9.66 Å². The second-order valence-corrected chi connectivity index (χ2v) is 6.00. The first kappa shape index (κ1) is 15.3. The Bertz CT molecular complexity index is 611. The average molecular weight is 306 g/mol. The highest BCUT2D eigenvalue weighted by atomic mass is 32.1. The van der Waals surface area contributed by atoms with Crippen LogP contribution in [0.1, 0.15) is 24.8 Å². The van der Waals surface area contributed by atoms with Gasteiger partial charge in [-0.15, -0.1) is 11.3 Å². The van der Waals surface area contributed by atoms with E-state index in [9.17, 15) is 10.1 Å². The largest absolute Gasteiger partial charge is 0.495 e. The molecule has 0 bridgehead atoms. The zero-order chi connectivity index (χ0) is 15.4. The maximum atomic E-state index is 10.9. The van der Waals surface area contributed by atoms with Crippen molar-refractivity contribution in [2.24, 2.45) is 5.92 Å². The van der Waals surface area contributed by atoms with Gasteiger partial charge in [-0.05, 0) is 23.4 Å². The van der Waals surface area contributed by atoms with Crippen molar-refractivity contribution >= 4 is 22.7 Å². The van der Waals surface area contributed by atoms with Crippen LogP contribution in [0.25, 0.3) is 0 Å². The van der Waals surface area contributed by atoms with E-state index in [0.717, 1.165) is 0 Å². The van der Waals surface area contributed by atoms with Gasteiger partial charge in [0.1, 0.15) is 5.75 Å². The van der Waals surface area contributed by atoms with Gasteiger partial charge < -0.3 is 10.1 Å². The lowest BCUT2D eigenvalue weighted by Crippen LogP contribution is -2.16. The monoisotopic (exact) mass is 306 g/mol. The number of nitrogens with one attached hydrogen (secondary N) is 1. The van der Waals surface area contributed by atoms with E-state index in [1.165, 1.54) is 17.0 Å². The number of thiophene rings is 1. The van der Waals surface area contributed by atoms with E-state index in [1.54, 1.807) is 24.5 Å². The Morgan fingerprint density at radius 3 is 2.62 bits per heavy atom. The normalized spacial score (nSPS) is 12.2. The Labute approximate surface area is 127 Å². The van der Waals surface area contributed by atoms with Gasteiger partial charge in [-0.1, -0.05) is 19.9 Å². The van der Waals surface area contributed by atoms with E-state index in [0.29, 0.717) is 17.4 Å². The van der Waals surface area contributed by atoms with Crippen LogP contribution in [0.15, 0.2) is 35.7 Å². The molecule has 1 aromatic carbocycles. The summed E-state index contributed by atoms with van der Waals surface area (Å²) in [5, 5.41) is 16.3. The predicted molar refractivity (Wildman–Crippen MR) is 85.2 cm³/mol. The fourth-order valence-electron chi connectivity index (χ4n) is 2.12. The maximum absolute atomic E-state index is 10.9. The maximum Gasteiger partial charge on any atom is 0.271 e. The van der Waals surface area contributed by atoms with Crippen molar-refractivity contribution in [1.29, 1.82) is 0 Å². The quantitative estimate of drug-likeness (QED) is 0.631. The number of hydrogen-bond acceptors (Lipinski definition) is 5. The summed E-state index contributed by atoms with van der Waals surface area (Å²) in [7, 11) is 1.56. The lowest BCUT2D eigenvalue weighted by molar-refractivity contribution is -0.384. The van der Waals surface area contributed by atoms with Crippen LogP contribution in [0.4, 0.5) is 11.4 Å². The Hall–Kier alpha value is -2.08. The smallest absolute Gasteiger partial charge is 0.271 e. The molecule has 2 rings (SSSR count). The van der Waals surface area contributed by atoms with Crippen LogP contribution >= 0.6 is 11.3 Å². The van der Waals surface area contributed by atoms with Crippen molar-refractivity contribution in [1.82, 2.24) is 0 Å². The third kappa shape index (κ3) is 3.52. The summed E-state index contributed by atoms with van der Waals surface area (Å²) in [6.45, 7) is 4.22. The van der Waals surface area contributed by atoms with Gasteiger partial charge in [0.2, 0.25) is 0 Å². The molecule has 0 amide bonds. The minimum Gasteiger partial charge on any atom is -0.495 e. The minimum absolute atomic E-state index is 0.0481. The fraction of sp³-hybridized carbons (Fsp3) is 0.333. The van der Waals surface area contributed by atoms with E-state index in [4.69, 9.17) is 4.74 Å². The summed E-state index contributed by atoms with van der Waals surface area (Å²) in [6, 6.07) is 8.72. The third-order valence-corrected chi connectivity index (χ3v) is 4.18. The number of benzene rings is 1. The van der Waals surface area contributed by atoms with Gasteiger partial charge in [0.15, 0.2) is 0 Å². The second kappa shape index (κ2) is 6.58. The van der Waals surface area contributed by atoms with Gasteiger partial charge in [0.05, 0.1) is 23.8 Å². The predicted octanol–water partition coefficient (Wildman–Crippen LogP) is 4.47. The highest BCUT2D eigenvalue weighted by Crippen LogP contribution is 2.35. The Kier molecular flexibility index (Phi) is 4.80. The molecule has 21 heavy (non-hydrogen) atoms. The number of anilines is 1. The fourth-order valence-corrected chi connectivity index (χ4v) is 3.07. The zero-order valence-corrected chi connectivity index (χ0v) is 13.0. The standard InChI is InChI=1S/C15H18N2O3S/c1-10(2)15(14-5-4-8-21-14)16-12-9-11(17(18)19)6-7-13(12)20-3/h4-10,15-16H,1-3H3. The molecule has 112 valence electrons. The van der Waals surface area contributed by atoms with E-state index >= 15 is 0 Å². The summed E-state index contributed by atoms with van der Waals surface area (Å²) in [5.74, 6) is 0.940. The van der Waals surface area contributed by atoms with Crippen LogP contribution in [0, 0.1) is 16.0 Å². The molecule has 1 aromatic heterocycles. The third-order valence-electron chi connectivity index (χ3n) is 3.22. The van der Waals surface area contributed by atoms with Crippen LogP contribution < -0.4 is 10.1 Å². The molecule has 0 aliphatic carbocycles. The van der Waals surface area contributed by atoms with Gasteiger partial charge in [0, 0.05) is 17.0 Å². The highest BCUT2D eigenvalue weighted by Gasteiger charge is 2.20. The average Bonchev–Trinajstić information content (AvgIpc) is 2.97. The highest BCUT2D eigenvalue weighted by molar-refractivity contribution is 7.10. The SMILES string of the molecule is COc1ccc([N+](=O)[O-])cc1NC(c1cccs1)C(C)C. The molecule has 0 spiro atoms. The summed E-state index contributed by atoms with van der Waals surface area (Å²) >= 11 is 1.67. The van der Waals surface area contributed by atoms with E-state index < -0.39 is 4.92 Å². The number of nitro benzene ring substituents is 1. The van der Waals surface area contributed by atoms with Gasteiger partial charge in [-0.2, -0.15) is 0 Å². The number of hydrogen-bond donors (Lipinski definition) is 1. The second-order valence-electron chi connectivity index (χ2n) is 5.02. The molecule has 1 unspecified atom stereocenters. The molecule has 6 heteroatoms. The van der Waals surface area contributed by atoms with Crippen molar-refractivity contribution in [3.05, 3.63) is 50.7 Å². The van der Waals surface area contributed by atoms with Crippen molar-refractivity contribution in [2.75, 3.05) is 12.4 Å². The minimum atomic E-state index is -0.403. The Morgan fingerprint density at radius 2 is 2.10 bits per heavy atom. The lowest BCUT2D eigenvalue weighted by Gasteiger charge is -2.23. The lowest BCUT2D eigenvalue weighted by atomic mass is 10.0. The van der Waals surface area contributed by atoms with Crippen LogP contribution in [-0.4, -0.2) is 12.0 Å². The van der Waals surface area contributed by atoms with E-state index in [1.807, 2.05) is 11.4 Å². The number of non-ortho nitro benzene ring substituents is 1. The molecule has 0 fully saturated rings. The summed E-state index contributed by atoms with van der Waals surface area (Å²) in [6.07, 6.45) is 0. The molecular formula is C15H18N2O3S. The zero-order valence-electron chi connectivity index (χ0n) is 12.2. The van der Waals surface area contributed by atoms with Crippen LogP contribution in [-0.2, 0) is 0 Å². The molecule has 0 saturated carbocycles. The molecule has 5 nitrogen and oxygen atoms in total. The summed E-state index contributed by atoms with van der Waals surface area (Å²) in [5.41, 5.74) is 0.686.